The maximum absolute atomic E-state index is 13.7. The Balaban J connectivity index is 2.02. The van der Waals surface area contributed by atoms with Gasteiger partial charge in [0.15, 0.2) is 0 Å². The summed E-state index contributed by atoms with van der Waals surface area (Å²) in [6, 6.07) is 18.8. The molecule has 2 amide bonds. The smallest absolute Gasteiger partial charge is 0.264 e. The SMILES string of the molecule is CNC(=O)C(C)N(Cc1ccc(Cl)cc1)C(=O)CN(c1ccc(OC)cc1)S(=O)(=O)c1ccc(C)cc1. The summed E-state index contributed by atoms with van der Waals surface area (Å²) < 4.78 is 33.7. The minimum absolute atomic E-state index is 0.0466. The molecule has 0 aliphatic rings. The van der Waals surface area contributed by atoms with Gasteiger partial charge in [0.1, 0.15) is 18.3 Å². The Morgan fingerprint density at radius 1 is 0.973 bits per heavy atom. The van der Waals surface area contributed by atoms with Crippen LogP contribution in [0, 0.1) is 6.92 Å². The Morgan fingerprint density at radius 3 is 2.11 bits per heavy atom. The number of halogens is 1. The van der Waals surface area contributed by atoms with Gasteiger partial charge in [0.2, 0.25) is 11.8 Å². The molecule has 0 aromatic heterocycles. The summed E-state index contributed by atoms with van der Waals surface area (Å²) in [7, 11) is -1.13. The second-order valence-electron chi connectivity index (χ2n) is 8.46. The van der Waals surface area contributed by atoms with Gasteiger partial charge < -0.3 is 15.0 Å². The molecule has 8 nitrogen and oxygen atoms in total. The highest BCUT2D eigenvalue weighted by Crippen LogP contribution is 2.27. The first-order valence-corrected chi connectivity index (χ1v) is 13.4. The summed E-state index contributed by atoms with van der Waals surface area (Å²) in [4.78, 5) is 27.6. The van der Waals surface area contributed by atoms with Crippen molar-refractivity contribution in [3.8, 4) is 5.75 Å². The van der Waals surface area contributed by atoms with Gasteiger partial charge in [-0.25, -0.2) is 8.42 Å². The average molecular weight is 544 g/mol. The van der Waals surface area contributed by atoms with Crippen LogP contribution in [0.5, 0.6) is 5.75 Å². The van der Waals surface area contributed by atoms with E-state index < -0.39 is 28.5 Å². The zero-order chi connectivity index (χ0) is 27.2. The number of methoxy groups -OCH3 is 1. The molecule has 0 radical (unpaired) electrons. The number of likely N-dealkylation sites (N-methyl/N-ethyl adjacent to an activating group) is 1. The number of carbonyl (C=O) groups excluding carboxylic acids is 2. The van der Waals surface area contributed by atoms with Crippen LogP contribution in [0.4, 0.5) is 5.69 Å². The molecule has 0 saturated heterocycles. The molecule has 1 N–H and O–H groups in total. The molecule has 0 heterocycles. The number of sulfonamides is 1. The fraction of sp³-hybridized carbons (Fsp3) is 0.259. The van der Waals surface area contributed by atoms with E-state index in [1.165, 1.54) is 31.2 Å². The molecule has 3 aromatic rings. The van der Waals surface area contributed by atoms with Crippen LogP contribution in [0.1, 0.15) is 18.1 Å². The molecule has 1 atom stereocenters. The standard InChI is InChI=1S/C27H30ClN3O5S/c1-19-5-15-25(16-6-19)37(34,35)31(23-11-13-24(36-4)14-12-23)18-26(32)30(20(2)27(33)29-3)17-21-7-9-22(28)10-8-21/h5-16,20H,17-18H2,1-4H3,(H,29,33). The van der Waals surface area contributed by atoms with Crippen LogP contribution in [-0.2, 0) is 26.2 Å². The zero-order valence-corrected chi connectivity index (χ0v) is 22.7. The molecular formula is C27H30ClN3O5S. The van der Waals surface area contributed by atoms with Gasteiger partial charge in [-0.1, -0.05) is 41.4 Å². The van der Waals surface area contributed by atoms with Crippen molar-refractivity contribution in [3.63, 3.8) is 0 Å². The molecule has 196 valence electrons. The lowest BCUT2D eigenvalue weighted by Crippen LogP contribution is -2.50. The first kappa shape index (κ1) is 28.0. The van der Waals surface area contributed by atoms with E-state index >= 15 is 0 Å². The molecule has 0 spiro atoms. The number of hydrogen-bond acceptors (Lipinski definition) is 5. The quantitative estimate of drug-likeness (QED) is 0.417. The fourth-order valence-electron chi connectivity index (χ4n) is 3.69. The van der Waals surface area contributed by atoms with E-state index in [0.717, 1.165) is 15.4 Å². The van der Waals surface area contributed by atoms with Gasteiger partial charge in [-0.15, -0.1) is 0 Å². The van der Waals surface area contributed by atoms with Crippen molar-refractivity contribution in [2.24, 2.45) is 0 Å². The maximum atomic E-state index is 13.7. The molecule has 0 aliphatic carbocycles. The van der Waals surface area contributed by atoms with Crippen LogP contribution in [0.25, 0.3) is 0 Å². The second kappa shape index (κ2) is 12.1. The van der Waals surface area contributed by atoms with Gasteiger partial charge in [-0.05, 0) is 67.9 Å². The summed E-state index contributed by atoms with van der Waals surface area (Å²) in [5.74, 6) is -0.377. The van der Waals surface area contributed by atoms with Crippen LogP contribution in [0.2, 0.25) is 5.02 Å². The van der Waals surface area contributed by atoms with Crippen molar-refractivity contribution in [3.05, 3.63) is 88.9 Å². The topological polar surface area (TPSA) is 96.0 Å². The van der Waals surface area contributed by atoms with Crippen molar-refractivity contribution in [2.75, 3.05) is 25.0 Å². The maximum Gasteiger partial charge on any atom is 0.264 e. The number of anilines is 1. The Kier molecular flexibility index (Phi) is 9.18. The molecule has 37 heavy (non-hydrogen) atoms. The minimum Gasteiger partial charge on any atom is -0.497 e. The van der Waals surface area contributed by atoms with E-state index in [1.54, 1.807) is 67.6 Å². The minimum atomic E-state index is -4.12. The van der Waals surface area contributed by atoms with Crippen LogP contribution >= 0.6 is 11.6 Å². The predicted molar refractivity (Wildman–Crippen MR) is 144 cm³/mol. The molecule has 0 bridgehead atoms. The van der Waals surface area contributed by atoms with Gasteiger partial charge in [-0.2, -0.15) is 0 Å². The fourth-order valence-corrected chi connectivity index (χ4v) is 5.23. The summed E-state index contributed by atoms with van der Waals surface area (Å²) in [5, 5.41) is 3.09. The van der Waals surface area contributed by atoms with E-state index in [1.807, 2.05) is 6.92 Å². The van der Waals surface area contributed by atoms with Crippen molar-refractivity contribution >= 4 is 39.1 Å². The predicted octanol–water partition coefficient (Wildman–Crippen LogP) is 4.02. The van der Waals surface area contributed by atoms with Crippen LogP contribution in [0.3, 0.4) is 0 Å². The lowest BCUT2D eigenvalue weighted by molar-refractivity contribution is -0.139. The number of amides is 2. The molecule has 3 aromatic carbocycles. The number of carbonyl (C=O) groups is 2. The second-order valence-corrected chi connectivity index (χ2v) is 10.8. The lowest BCUT2D eigenvalue weighted by atomic mass is 10.1. The summed E-state index contributed by atoms with van der Waals surface area (Å²) in [5.41, 5.74) is 1.93. The number of ether oxygens (including phenoxy) is 1. The van der Waals surface area contributed by atoms with Crippen molar-refractivity contribution in [1.82, 2.24) is 10.2 Å². The van der Waals surface area contributed by atoms with E-state index in [9.17, 15) is 18.0 Å². The average Bonchev–Trinajstić information content (AvgIpc) is 2.90. The van der Waals surface area contributed by atoms with E-state index in [0.29, 0.717) is 10.8 Å². The lowest BCUT2D eigenvalue weighted by Gasteiger charge is -2.31. The first-order chi connectivity index (χ1) is 17.6. The highest BCUT2D eigenvalue weighted by atomic mass is 35.5. The Bertz CT molecular complexity index is 1330. The summed E-state index contributed by atoms with van der Waals surface area (Å²) in [6.45, 7) is 3.03. The van der Waals surface area contributed by atoms with Crippen molar-refractivity contribution in [2.45, 2.75) is 31.3 Å². The Morgan fingerprint density at radius 2 is 1.57 bits per heavy atom. The van der Waals surface area contributed by atoms with Crippen molar-refractivity contribution in [1.29, 1.82) is 0 Å². The molecule has 10 heteroatoms. The largest absolute Gasteiger partial charge is 0.497 e. The van der Waals surface area contributed by atoms with Gasteiger partial charge in [-0.3, -0.25) is 13.9 Å². The third kappa shape index (κ3) is 6.81. The number of nitrogens with one attached hydrogen (secondary N) is 1. The molecule has 1 unspecified atom stereocenters. The Labute approximate surface area is 222 Å². The molecule has 0 fully saturated rings. The number of hydrogen-bond donors (Lipinski definition) is 1. The molecule has 0 saturated carbocycles. The van der Waals surface area contributed by atoms with Crippen LogP contribution in [-0.4, -0.2) is 51.9 Å². The highest BCUT2D eigenvalue weighted by Gasteiger charge is 2.32. The third-order valence-corrected chi connectivity index (χ3v) is 7.97. The number of rotatable bonds is 10. The van der Waals surface area contributed by atoms with Gasteiger partial charge >= 0.3 is 0 Å². The van der Waals surface area contributed by atoms with Gasteiger partial charge in [0, 0.05) is 18.6 Å². The van der Waals surface area contributed by atoms with E-state index in [2.05, 4.69) is 5.32 Å². The van der Waals surface area contributed by atoms with Gasteiger partial charge in [0.05, 0.1) is 17.7 Å². The number of nitrogens with zero attached hydrogens (tertiary/aromatic N) is 2. The zero-order valence-electron chi connectivity index (χ0n) is 21.1. The Hall–Kier alpha value is -3.56. The molecule has 3 rings (SSSR count). The number of benzene rings is 3. The third-order valence-electron chi connectivity index (χ3n) is 5.93. The summed E-state index contributed by atoms with van der Waals surface area (Å²) >= 11 is 6.00. The van der Waals surface area contributed by atoms with Gasteiger partial charge in [0.25, 0.3) is 10.0 Å². The first-order valence-electron chi connectivity index (χ1n) is 11.6. The summed E-state index contributed by atoms with van der Waals surface area (Å²) in [6.07, 6.45) is 0. The highest BCUT2D eigenvalue weighted by molar-refractivity contribution is 7.92. The van der Waals surface area contributed by atoms with E-state index in [4.69, 9.17) is 16.3 Å². The monoisotopic (exact) mass is 543 g/mol. The van der Waals surface area contributed by atoms with Crippen LogP contribution < -0.4 is 14.4 Å². The normalized spacial score (nSPS) is 11.9. The molecule has 0 aliphatic heterocycles. The van der Waals surface area contributed by atoms with Crippen LogP contribution in [0.15, 0.2) is 77.7 Å². The molecular weight excluding hydrogens is 514 g/mol. The van der Waals surface area contributed by atoms with E-state index in [-0.39, 0.29) is 23.0 Å². The van der Waals surface area contributed by atoms with Crippen molar-refractivity contribution < 1.29 is 22.7 Å². The number of aryl methyl sites for hydroxylation is 1.